The van der Waals surface area contributed by atoms with E-state index in [2.05, 4.69) is 9.98 Å². The molecule has 2 rings (SSSR count). The molecule has 1 aromatic heterocycles. The quantitative estimate of drug-likeness (QED) is 0.785. The monoisotopic (exact) mass is 308 g/mol. The van der Waals surface area contributed by atoms with Crippen molar-refractivity contribution in [1.82, 2.24) is 14.5 Å². The van der Waals surface area contributed by atoms with Crippen molar-refractivity contribution < 1.29 is 5.11 Å². The molecule has 0 aliphatic heterocycles. The van der Waals surface area contributed by atoms with Crippen LogP contribution in [0.5, 0.6) is 5.88 Å². The van der Waals surface area contributed by atoms with Crippen molar-refractivity contribution in [2.45, 2.75) is 38.1 Å². The van der Waals surface area contributed by atoms with Gasteiger partial charge in [-0.2, -0.15) is 0 Å². The van der Waals surface area contributed by atoms with Gasteiger partial charge in [-0.3, -0.25) is 19.3 Å². The van der Waals surface area contributed by atoms with E-state index in [1.54, 1.807) is 0 Å². The summed E-state index contributed by atoms with van der Waals surface area (Å²) in [4.78, 5) is 32.3. The summed E-state index contributed by atoms with van der Waals surface area (Å²) < 4.78 is 1.31. The summed E-state index contributed by atoms with van der Waals surface area (Å²) in [6, 6.07) is -0.0491. The molecular formula is C15H24N4O3. The van der Waals surface area contributed by atoms with E-state index in [0.29, 0.717) is 6.54 Å². The van der Waals surface area contributed by atoms with Crippen molar-refractivity contribution in [2.75, 3.05) is 27.2 Å². The standard InChI is InChI=1S/C15H24N4O3/c1-18(2)9-8-16-10-12-13(20)17-15(22)19(14(12)21)11-6-4-3-5-7-11/h10-11,21H,3-9H2,1-2H3,(H,17,20,22). The molecule has 2 N–H and O–H groups in total. The maximum absolute atomic E-state index is 12.0. The van der Waals surface area contributed by atoms with Crippen LogP contribution in [0.1, 0.15) is 43.7 Å². The predicted octanol–water partition coefficient (Wildman–Crippen LogP) is 0.728. The van der Waals surface area contributed by atoms with Gasteiger partial charge in [0.1, 0.15) is 5.56 Å². The fraction of sp³-hybridized carbons (Fsp3) is 0.667. The van der Waals surface area contributed by atoms with Gasteiger partial charge in [0.05, 0.1) is 6.54 Å². The first-order chi connectivity index (χ1) is 10.5. The topological polar surface area (TPSA) is 90.7 Å². The first-order valence-corrected chi connectivity index (χ1v) is 7.73. The molecule has 7 nitrogen and oxygen atoms in total. The van der Waals surface area contributed by atoms with Crippen molar-refractivity contribution >= 4 is 6.21 Å². The van der Waals surface area contributed by atoms with E-state index < -0.39 is 11.2 Å². The first kappa shape index (κ1) is 16.5. The van der Waals surface area contributed by atoms with Crippen LogP contribution in [0.4, 0.5) is 0 Å². The number of aliphatic imine (C=N–C) groups is 1. The number of nitrogens with one attached hydrogen (secondary N) is 1. The SMILES string of the molecule is CN(C)CCN=Cc1c(O)n(C2CCCCC2)c(=O)[nH]c1=O. The predicted molar refractivity (Wildman–Crippen MR) is 86.1 cm³/mol. The fourth-order valence-corrected chi connectivity index (χ4v) is 2.76. The van der Waals surface area contributed by atoms with Gasteiger partial charge in [0.15, 0.2) is 0 Å². The number of H-pyrrole nitrogens is 1. The highest BCUT2D eigenvalue weighted by Crippen LogP contribution is 2.29. The third kappa shape index (κ3) is 3.85. The van der Waals surface area contributed by atoms with E-state index in [1.807, 2.05) is 19.0 Å². The Hall–Kier alpha value is -1.89. The van der Waals surface area contributed by atoms with Crippen molar-refractivity contribution in [2.24, 2.45) is 4.99 Å². The third-order valence-electron chi connectivity index (χ3n) is 3.99. The van der Waals surface area contributed by atoms with E-state index in [4.69, 9.17) is 0 Å². The Kier molecular flexibility index (Phi) is 5.54. The van der Waals surface area contributed by atoms with Crippen LogP contribution in [-0.4, -0.2) is 53.0 Å². The molecule has 1 fully saturated rings. The van der Waals surface area contributed by atoms with Crippen LogP contribution in [0, 0.1) is 0 Å². The van der Waals surface area contributed by atoms with Crippen LogP contribution in [0.15, 0.2) is 14.6 Å². The minimum absolute atomic E-state index is 0.0491. The summed E-state index contributed by atoms with van der Waals surface area (Å²) in [5.74, 6) is -0.269. The van der Waals surface area contributed by atoms with Gasteiger partial charge in [0.2, 0.25) is 5.88 Å². The molecule has 1 heterocycles. The molecule has 1 aliphatic carbocycles. The summed E-state index contributed by atoms with van der Waals surface area (Å²) in [7, 11) is 3.87. The second-order valence-electron chi connectivity index (χ2n) is 6.00. The summed E-state index contributed by atoms with van der Waals surface area (Å²) in [6.07, 6.45) is 6.25. The zero-order chi connectivity index (χ0) is 16.1. The number of aromatic amines is 1. The molecule has 0 atom stereocenters. The lowest BCUT2D eigenvalue weighted by Gasteiger charge is -2.24. The smallest absolute Gasteiger partial charge is 0.331 e. The Bertz CT molecular complexity index is 639. The minimum atomic E-state index is -0.594. The highest BCUT2D eigenvalue weighted by Gasteiger charge is 2.22. The van der Waals surface area contributed by atoms with E-state index in [-0.39, 0.29) is 17.5 Å². The largest absolute Gasteiger partial charge is 0.494 e. The van der Waals surface area contributed by atoms with Crippen molar-refractivity contribution in [3.8, 4) is 5.88 Å². The van der Waals surface area contributed by atoms with Gasteiger partial charge >= 0.3 is 5.69 Å². The van der Waals surface area contributed by atoms with E-state index in [9.17, 15) is 14.7 Å². The summed E-state index contributed by atoms with van der Waals surface area (Å²) in [5, 5.41) is 10.4. The molecule has 1 aromatic rings. The summed E-state index contributed by atoms with van der Waals surface area (Å²) in [5.41, 5.74) is -1.08. The van der Waals surface area contributed by atoms with E-state index in [1.165, 1.54) is 10.8 Å². The lowest BCUT2D eigenvalue weighted by Crippen LogP contribution is -2.35. The Labute approximate surface area is 129 Å². The lowest BCUT2D eigenvalue weighted by atomic mass is 9.95. The number of aromatic nitrogens is 2. The highest BCUT2D eigenvalue weighted by atomic mass is 16.3. The van der Waals surface area contributed by atoms with Crippen molar-refractivity contribution in [1.29, 1.82) is 0 Å². The van der Waals surface area contributed by atoms with Crippen molar-refractivity contribution in [3.05, 3.63) is 26.4 Å². The summed E-state index contributed by atoms with van der Waals surface area (Å²) >= 11 is 0. The normalized spacial score (nSPS) is 16.7. The number of hydrogen-bond donors (Lipinski definition) is 2. The molecule has 22 heavy (non-hydrogen) atoms. The van der Waals surface area contributed by atoms with Gasteiger partial charge in [0, 0.05) is 18.8 Å². The number of aromatic hydroxyl groups is 1. The number of hydrogen-bond acceptors (Lipinski definition) is 5. The number of rotatable bonds is 5. The van der Waals surface area contributed by atoms with Gasteiger partial charge in [-0.15, -0.1) is 0 Å². The molecule has 7 heteroatoms. The van der Waals surface area contributed by atoms with E-state index in [0.717, 1.165) is 38.6 Å². The maximum atomic E-state index is 12.0. The highest BCUT2D eigenvalue weighted by molar-refractivity contribution is 5.81. The van der Waals surface area contributed by atoms with Gasteiger partial charge in [-0.05, 0) is 26.9 Å². The molecule has 0 radical (unpaired) electrons. The second kappa shape index (κ2) is 7.40. The Morgan fingerprint density at radius 1 is 1.32 bits per heavy atom. The molecule has 0 unspecified atom stereocenters. The van der Waals surface area contributed by atoms with Crippen molar-refractivity contribution in [3.63, 3.8) is 0 Å². The molecule has 1 aliphatic rings. The van der Waals surface area contributed by atoms with E-state index >= 15 is 0 Å². The zero-order valence-corrected chi connectivity index (χ0v) is 13.2. The van der Waals surface area contributed by atoms with Gasteiger partial charge in [-0.25, -0.2) is 4.79 Å². The zero-order valence-electron chi connectivity index (χ0n) is 13.2. The van der Waals surface area contributed by atoms with Crippen LogP contribution >= 0.6 is 0 Å². The fourth-order valence-electron chi connectivity index (χ4n) is 2.76. The molecule has 0 saturated heterocycles. The van der Waals surface area contributed by atoms with Crippen LogP contribution in [0.3, 0.4) is 0 Å². The lowest BCUT2D eigenvalue weighted by molar-refractivity contribution is 0.298. The van der Waals surface area contributed by atoms with Crippen LogP contribution in [-0.2, 0) is 0 Å². The average molecular weight is 308 g/mol. The minimum Gasteiger partial charge on any atom is -0.494 e. The molecule has 0 spiro atoms. The van der Waals surface area contributed by atoms with Gasteiger partial charge in [0.25, 0.3) is 5.56 Å². The molecule has 0 amide bonds. The maximum Gasteiger partial charge on any atom is 0.331 e. The Morgan fingerprint density at radius 3 is 2.64 bits per heavy atom. The van der Waals surface area contributed by atoms with Gasteiger partial charge < -0.3 is 10.0 Å². The third-order valence-corrected chi connectivity index (χ3v) is 3.99. The van der Waals surface area contributed by atoms with Gasteiger partial charge in [-0.1, -0.05) is 19.3 Å². The van der Waals surface area contributed by atoms with Crippen LogP contribution in [0.25, 0.3) is 0 Å². The molecule has 1 saturated carbocycles. The molecular weight excluding hydrogens is 284 g/mol. The Balaban J connectivity index is 2.30. The number of nitrogens with zero attached hydrogens (tertiary/aromatic N) is 3. The Morgan fingerprint density at radius 2 is 2.00 bits per heavy atom. The molecule has 0 bridgehead atoms. The first-order valence-electron chi connectivity index (χ1n) is 7.73. The molecule has 0 aromatic carbocycles. The number of likely N-dealkylation sites (N-methyl/N-ethyl adjacent to an activating group) is 1. The van der Waals surface area contributed by atoms with Crippen LogP contribution in [0.2, 0.25) is 0 Å². The molecule has 122 valence electrons. The summed E-state index contributed by atoms with van der Waals surface area (Å²) in [6.45, 7) is 1.27. The van der Waals surface area contributed by atoms with Crippen LogP contribution < -0.4 is 11.2 Å². The second-order valence-corrected chi connectivity index (χ2v) is 6.00. The average Bonchev–Trinajstić information content (AvgIpc) is 2.46.